The van der Waals surface area contributed by atoms with Crippen LogP contribution in [0.1, 0.15) is 24.9 Å². The Morgan fingerprint density at radius 1 is 1.00 bits per heavy atom. The second kappa shape index (κ2) is 12.9. The van der Waals surface area contributed by atoms with Crippen molar-refractivity contribution >= 4 is 22.6 Å². The highest BCUT2D eigenvalue weighted by molar-refractivity contribution is 5.95. The quantitative estimate of drug-likeness (QED) is 0.214. The molecule has 0 radical (unpaired) electrons. The molecule has 0 spiro atoms. The number of pyridine rings is 1. The van der Waals surface area contributed by atoms with Gasteiger partial charge in [-0.15, -0.1) is 0 Å². The molecular formula is C31H32F2N4O5. The predicted molar refractivity (Wildman–Crippen MR) is 155 cm³/mol. The van der Waals surface area contributed by atoms with Crippen LogP contribution < -0.4 is 29.6 Å². The molecule has 0 aliphatic carbocycles. The first-order valence-corrected chi connectivity index (χ1v) is 13.6. The molecule has 11 heteroatoms. The van der Waals surface area contributed by atoms with E-state index in [9.17, 15) is 9.18 Å². The standard InChI is InChI=1S/C31H32F2N4O5/c1-19(20-5-7-21(32)8-6-20)35-31(38)36-22-9-10-25(23(33)17-22)42-26-11-12-34-24-18-27(39-14-4-13-37(2)3)29-30(28(24)26)41-16-15-40-29/h5-12,17-19H,4,13-16H2,1-3H3,(H2,35,36,38)/t19-/m1/s1. The minimum absolute atomic E-state index is 0.0531. The third-order valence-electron chi connectivity index (χ3n) is 6.58. The maximum absolute atomic E-state index is 15.2. The van der Waals surface area contributed by atoms with Gasteiger partial charge in [0.25, 0.3) is 0 Å². The number of urea groups is 1. The summed E-state index contributed by atoms with van der Waals surface area (Å²) in [6, 6.07) is 12.4. The van der Waals surface area contributed by atoms with Gasteiger partial charge in [-0.25, -0.2) is 13.6 Å². The van der Waals surface area contributed by atoms with Crippen LogP contribution >= 0.6 is 0 Å². The Bertz CT molecular complexity index is 1570. The van der Waals surface area contributed by atoms with E-state index >= 15 is 4.39 Å². The maximum Gasteiger partial charge on any atom is 0.319 e. The SMILES string of the molecule is C[C@@H](NC(=O)Nc1ccc(Oc2ccnc3cc(OCCCN(C)C)c4c(c23)OCCO4)c(F)c1)c1ccc(F)cc1. The number of benzene rings is 3. The minimum Gasteiger partial charge on any atom is -0.489 e. The molecule has 2 amide bonds. The molecule has 0 unspecified atom stereocenters. The lowest BCUT2D eigenvalue weighted by atomic mass is 10.1. The van der Waals surface area contributed by atoms with Crippen LogP contribution in [0.3, 0.4) is 0 Å². The second-order valence-electron chi connectivity index (χ2n) is 10.1. The molecule has 5 rings (SSSR count). The number of fused-ring (bicyclic) bond motifs is 3. The molecule has 0 bridgehead atoms. The van der Waals surface area contributed by atoms with Gasteiger partial charge < -0.3 is 34.5 Å². The van der Waals surface area contributed by atoms with E-state index in [0.717, 1.165) is 24.6 Å². The molecule has 42 heavy (non-hydrogen) atoms. The van der Waals surface area contributed by atoms with E-state index in [-0.39, 0.29) is 23.3 Å². The average molecular weight is 579 g/mol. The highest BCUT2D eigenvalue weighted by Crippen LogP contribution is 2.48. The van der Waals surface area contributed by atoms with Crippen molar-refractivity contribution < 1.29 is 32.5 Å². The van der Waals surface area contributed by atoms with Crippen LogP contribution in [-0.4, -0.2) is 56.4 Å². The number of nitrogens with zero attached hydrogens (tertiary/aromatic N) is 2. The highest BCUT2D eigenvalue weighted by atomic mass is 19.1. The number of aromatic nitrogens is 1. The fourth-order valence-corrected chi connectivity index (χ4v) is 4.51. The van der Waals surface area contributed by atoms with Crippen LogP contribution in [0, 0.1) is 11.6 Å². The first-order valence-electron chi connectivity index (χ1n) is 13.6. The van der Waals surface area contributed by atoms with Gasteiger partial charge in [-0.1, -0.05) is 12.1 Å². The maximum atomic E-state index is 15.2. The Labute approximate surface area is 242 Å². The zero-order chi connectivity index (χ0) is 29.6. The molecule has 3 aromatic carbocycles. The lowest BCUT2D eigenvalue weighted by Gasteiger charge is -2.23. The number of amides is 2. The lowest BCUT2D eigenvalue weighted by molar-refractivity contribution is 0.163. The summed E-state index contributed by atoms with van der Waals surface area (Å²) in [5.41, 5.74) is 1.50. The van der Waals surface area contributed by atoms with Gasteiger partial charge in [-0.2, -0.15) is 0 Å². The third kappa shape index (κ3) is 6.80. The van der Waals surface area contributed by atoms with Crippen LogP contribution in [0.15, 0.2) is 60.8 Å². The van der Waals surface area contributed by atoms with E-state index in [1.165, 1.54) is 24.3 Å². The number of nitrogens with one attached hydrogen (secondary N) is 2. The molecular weight excluding hydrogens is 546 g/mol. The summed E-state index contributed by atoms with van der Waals surface area (Å²) in [5.74, 6) is 0.630. The van der Waals surface area contributed by atoms with Crippen LogP contribution in [0.5, 0.6) is 28.7 Å². The second-order valence-corrected chi connectivity index (χ2v) is 10.1. The van der Waals surface area contributed by atoms with Crippen molar-refractivity contribution in [1.82, 2.24) is 15.2 Å². The van der Waals surface area contributed by atoms with Gasteiger partial charge in [0.2, 0.25) is 5.75 Å². The van der Waals surface area contributed by atoms with Crippen LogP contribution in [-0.2, 0) is 0 Å². The molecule has 4 aromatic rings. The highest BCUT2D eigenvalue weighted by Gasteiger charge is 2.25. The first-order chi connectivity index (χ1) is 20.3. The molecule has 0 fully saturated rings. The van der Waals surface area contributed by atoms with Crippen molar-refractivity contribution in [2.75, 3.05) is 45.8 Å². The topological polar surface area (TPSA) is 94.2 Å². The summed E-state index contributed by atoms with van der Waals surface area (Å²) in [5, 5.41) is 5.88. The number of halogens is 2. The molecule has 0 saturated carbocycles. The molecule has 2 N–H and O–H groups in total. The number of carbonyl (C=O) groups is 1. The first kappa shape index (κ1) is 28.9. The van der Waals surface area contributed by atoms with E-state index in [1.807, 2.05) is 14.1 Å². The smallest absolute Gasteiger partial charge is 0.319 e. The number of hydrogen-bond donors (Lipinski definition) is 2. The van der Waals surface area contributed by atoms with Gasteiger partial charge in [-0.05, 0) is 63.3 Å². The fraction of sp³-hybridized carbons (Fsp3) is 0.290. The molecule has 220 valence electrons. The number of rotatable bonds is 10. The zero-order valence-electron chi connectivity index (χ0n) is 23.6. The Morgan fingerprint density at radius 2 is 1.76 bits per heavy atom. The normalized spacial score (nSPS) is 13.1. The van der Waals surface area contributed by atoms with Crippen molar-refractivity contribution in [3.8, 4) is 28.7 Å². The van der Waals surface area contributed by atoms with Crippen molar-refractivity contribution in [1.29, 1.82) is 0 Å². The molecule has 2 heterocycles. The monoisotopic (exact) mass is 578 g/mol. The summed E-state index contributed by atoms with van der Waals surface area (Å²) in [6.07, 6.45) is 2.39. The molecule has 0 saturated heterocycles. The van der Waals surface area contributed by atoms with Gasteiger partial charge in [-0.3, -0.25) is 4.98 Å². The van der Waals surface area contributed by atoms with Crippen molar-refractivity contribution in [3.05, 3.63) is 78.0 Å². The predicted octanol–water partition coefficient (Wildman–Crippen LogP) is 6.29. The Hall–Kier alpha value is -4.64. The van der Waals surface area contributed by atoms with Crippen LogP contribution in [0.4, 0.5) is 19.3 Å². The number of ether oxygens (including phenoxy) is 4. The Kier molecular flexibility index (Phi) is 8.87. The number of carbonyl (C=O) groups excluding carboxylic acids is 1. The van der Waals surface area contributed by atoms with Gasteiger partial charge >= 0.3 is 6.03 Å². The largest absolute Gasteiger partial charge is 0.489 e. The third-order valence-corrected chi connectivity index (χ3v) is 6.58. The molecule has 1 aromatic heterocycles. The van der Waals surface area contributed by atoms with E-state index < -0.39 is 11.8 Å². The summed E-state index contributed by atoms with van der Waals surface area (Å²) in [7, 11) is 4.00. The van der Waals surface area contributed by atoms with E-state index in [0.29, 0.717) is 53.7 Å². The fourth-order valence-electron chi connectivity index (χ4n) is 4.51. The van der Waals surface area contributed by atoms with Crippen LogP contribution in [0.2, 0.25) is 0 Å². The van der Waals surface area contributed by atoms with Crippen molar-refractivity contribution in [2.45, 2.75) is 19.4 Å². The minimum atomic E-state index is -0.684. The summed E-state index contributed by atoms with van der Waals surface area (Å²) < 4.78 is 52.2. The average Bonchev–Trinajstić information content (AvgIpc) is 2.96. The van der Waals surface area contributed by atoms with E-state index in [4.69, 9.17) is 18.9 Å². The van der Waals surface area contributed by atoms with Gasteiger partial charge in [0, 0.05) is 30.6 Å². The van der Waals surface area contributed by atoms with E-state index in [1.54, 1.807) is 37.4 Å². The zero-order valence-corrected chi connectivity index (χ0v) is 23.6. The van der Waals surface area contributed by atoms with Gasteiger partial charge in [0.05, 0.1) is 23.6 Å². The Balaban J connectivity index is 1.32. The molecule has 1 aliphatic heterocycles. The van der Waals surface area contributed by atoms with Gasteiger partial charge in [0.15, 0.2) is 23.1 Å². The summed E-state index contributed by atoms with van der Waals surface area (Å²) >= 11 is 0. The molecule has 1 aliphatic rings. The molecule has 1 atom stereocenters. The molecule has 9 nitrogen and oxygen atoms in total. The number of anilines is 1. The van der Waals surface area contributed by atoms with Crippen molar-refractivity contribution in [2.24, 2.45) is 0 Å². The Morgan fingerprint density at radius 3 is 2.50 bits per heavy atom. The van der Waals surface area contributed by atoms with Gasteiger partial charge in [0.1, 0.15) is 24.8 Å². The summed E-state index contributed by atoms with van der Waals surface area (Å²) in [6.45, 7) is 3.82. The summed E-state index contributed by atoms with van der Waals surface area (Å²) in [4.78, 5) is 19.0. The van der Waals surface area contributed by atoms with E-state index in [2.05, 4.69) is 20.5 Å². The van der Waals surface area contributed by atoms with Crippen LogP contribution in [0.25, 0.3) is 10.9 Å². The lowest BCUT2D eigenvalue weighted by Crippen LogP contribution is -2.31. The number of hydrogen-bond acceptors (Lipinski definition) is 7. The van der Waals surface area contributed by atoms with Crippen molar-refractivity contribution in [3.63, 3.8) is 0 Å².